The molecule has 4 rings (SSSR count). The second kappa shape index (κ2) is 12.5. The highest BCUT2D eigenvalue weighted by Crippen LogP contribution is 2.29. The molecule has 0 spiro atoms. The highest BCUT2D eigenvalue weighted by molar-refractivity contribution is 7.89. The number of benzene rings is 1. The fraction of sp³-hybridized carbons (Fsp3) is 0.286. The number of amides is 2. The Balaban J connectivity index is 1.46. The summed E-state index contributed by atoms with van der Waals surface area (Å²) in [5.74, 6) is -1.12. The van der Waals surface area contributed by atoms with E-state index < -0.39 is 27.9 Å². The van der Waals surface area contributed by atoms with Crippen LogP contribution in [0.15, 0.2) is 70.9 Å². The molecule has 10 nitrogen and oxygen atoms in total. The molecule has 40 heavy (non-hydrogen) atoms. The molecule has 1 aliphatic rings. The Morgan fingerprint density at radius 3 is 2.70 bits per heavy atom. The van der Waals surface area contributed by atoms with E-state index in [-0.39, 0.29) is 12.2 Å². The Bertz CT molecular complexity index is 1610. The lowest BCUT2D eigenvalue weighted by atomic mass is 9.99. The van der Waals surface area contributed by atoms with Crippen molar-refractivity contribution in [2.75, 3.05) is 25.3 Å². The molecule has 0 unspecified atom stereocenters. The van der Waals surface area contributed by atoms with Crippen LogP contribution in [0.1, 0.15) is 42.6 Å². The lowest BCUT2D eigenvalue weighted by Gasteiger charge is -2.16. The minimum atomic E-state index is -3.53. The second-order valence-electron chi connectivity index (χ2n) is 9.41. The minimum Gasteiger partial charge on any atom is -0.382 e. The monoisotopic (exact) mass is 581 g/mol. The standard InChI is InChI=1S/C28H31N5O5S2/c1-18-7-5-8-20(13-19(2)29-18)21-9-6-10-22(14-21)25-17-39-28(31-25)32-27(35)24(16-38-3)30-26(34)23-11-12-33(15-23)40(4,36)37/h6,8-15,17,24H,5,7,16H2,1-4H3,(H,30,34)(H,31,32,35)/t24-/m0/s1. The number of thiazole rings is 1. The number of allylic oxidation sites excluding steroid dienone is 4. The number of aromatic nitrogens is 2. The van der Waals surface area contributed by atoms with E-state index in [0.29, 0.717) is 10.8 Å². The van der Waals surface area contributed by atoms with Gasteiger partial charge in [0.1, 0.15) is 6.04 Å². The van der Waals surface area contributed by atoms with E-state index in [2.05, 4.69) is 44.9 Å². The van der Waals surface area contributed by atoms with E-state index in [4.69, 9.17) is 4.74 Å². The molecule has 3 heterocycles. The Kier molecular flexibility index (Phi) is 9.13. The zero-order valence-electron chi connectivity index (χ0n) is 22.7. The summed E-state index contributed by atoms with van der Waals surface area (Å²) in [6.07, 6.45) is 9.60. The summed E-state index contributed by atoms with van der Waals surface area (Å²) < 4.78 is 29.4. The van der Waals surface area contributed by atoms with Crippen molar-refractivity contribution in [1.29, 1.82) is 0 Å². The number of nitrogens with one attached hydrogen (secondary N) is 2. The molecule has 1 aliphatic heterocycles. The van der Waals surface area contributed by atoms with Crippen LogP contribution in [0, 0.1) is 0 Å². The molecule has 0 aliphatic carbocycles. The van der Waals surface area contributed by atoms with Crippen LogP contribution >= 0.6 is 11.3 Å². The van der Waals surface area contributed by atoms with Crippen molar-refractivity contribution >= 4 is 49.6 Å². The van der Waals surface area contributed by atoms with Gasteiger partial charge in [-0.2, -0.15) is 0 Å². The Labute approximate surface area is 237 Å². The number of methoxy groups -OCH3 is 1. The van der Waals surface area contributed by atoms with Crippen LogP contribution < -0.4 is 10.6 Å². The maximum atomic E-state index is 13.0. The number of hydrogen-bond donors (Lipinski definition) is 2. The zero-order valence-corrected chi connectivity index (χ0v) is 24.3. The number of hydrogen-bond acceptors (Lipinski definition) is 8. The van der Waals surface area contributed by atoms with Crippen molar-refractivity contribution in [3.05, 3.63) is 77.1 Å². The molecule has 1 atom stereocenters. The topological polar surface area (TPSA) is 132 Å². The Morgan fingerprint density at radius 2 is 1.98 bits per heavy atom. The van der Waals surface area contributed by atoms with Crippen LogP contribution in [0.4, 0.5) is 5.13 Å². The molecule has 1 aromatic carbocycles. The molecule has 2 N–H and O–H groups in total. The molecule has 2 amide bonds. The van der Waals surface area contributed by atoms with E-state index >= 15 is 0 Å². The zero-order chi connectivity index (χ0) is 28.9. The molecule has 0 radical (unpaired) electrons. The maximum Gasteiger partial charge on any atom is 0.253 e. The molecular weight excluding hydrogens is 550 g/mol. The normalized spacial score (nSPS) is 14.8. The molecular formula is C28H31N5O5S2. The summed E-state index contributed by atoms with van der Waals surface area (Å²) in [5, 5.41) is 7.56. The summed E-state index contributed by atoms with van der Waals surface area (Å²) in [6, 6.07) is 8.38. The van der Waals surface area contributed by atoms with Crippen molar-refractivity contribution in [1.82, 2.24) is 14.3 Å². The number of aliphatic imine (C=N–C) groups is 1. The molecule has 0 saturated carbocycles. The lowest BCUT2D eigenvalue weighted by molar-refractivity contribution is -0.119. The van der Waals surface area contributed by atoms with E-state index in [9.17, 15) is 18.0 Å². The summed E-state index contributed by atoms with van der Waals surface area (Å²) in [6.45, 7) is 3.95. The summed E-state index contributed by atoms with van der Waals surface area (Å²) in [7, 11) is -2.12. The molecule has 210 valence electrons. The van der Waals surface area contributed by atoms with Crippen LogP contribution in [0.2, 0.25) is 0 Å². The predicted molar refractivity (Wildman–Crippen MR) is 158 cm³/mol. The van der Waals surface area contributed by atoms with E-state index in [0.717, 1.165) is 51.2 Å². The maximum absolute atomic E-state index is 13.0. The van der Waals surface area contributed by atoms with Crippen LogP contribution in [0.5, 0.6) is 0 Å². The number of ether oxygens (including phenoxy) is 1. The second-order valence-corrected chi connectivity index (χ2v) is 12.2. The molecule has 3 aromatic rings. The number of carbonyl (C=O) groups is 2. The van der Waals surface area contributed by atoms with Gasteiger partial charge in [0, 0.05) is 41.9 Å². The fourth-order valence-corrected chi connectivity index (χ4v) is 5.44. The van der Waals surface area contributed by atoms with Gasteiger partial charge in [-0.25, -0.2) is 13.4 Å². The van der Waals surface area contributed by atoms with E-state index in [1.165, 1.54) is 36.9 Å². The number of nitrogens with zero attached hydrogens (tertiary/aromatic N) is 3. The molecule has 0 fully saturated rings. The lowest BCUT2D eigenvalue weighted by Crippen LogP contribution is -2.46. The summed E-state index contributed by atoms with van der Waals surface area (Å²) in [4.78, 5) is 34.9. The molecule has 12 heteroatoms. The first-order valence-electron chi connectivity index (χ1n) is 12.5. The average molecular weight is 582 g/mol. The largest absolute Gasteiger partial charge is 0.382 e. The number of anilines is 1. The SMILES string of the molecule is COC[C@H](NC(=O)c1ccn(S(C)(=O)=O)c1)C(=O)Nc1nc(-c2cccc(C3=CCCC(C)=NC(C)=C3)c2)cs1. The van der Waals surface area contributed by atoms with E-state index in [1.807, 2.05) is 31.4 Å². The Morgan fingerprint density at radius 1 is 1.20 bits per heavy atom. The van der Waals surface area contributed by atoms with Gasteiger partial charge in [0.15, 0.2) is 5.13 Å². The first-order valence-corrected chi connectivity index (χ1v) is 15.2. The van der Waals surface area contributed by atoms with Crippen molar-refractivity contribution < 1.29 is 22.7 Å². The van der Waals surface area contributed by atoms with Crippen LogP contribution in [0.25, 0.3) is 16.8 Å². The van der Waals surface area contributed by atoms with Gasteiger partial charge in [0.05, 0.1) is 24.1 Å². The first-order chi connectivity index (χ1) is 19.0. The van der Waals surface area contributed by atoms with Crippen molar-refractivity contribution in [3.8, 4) is 11.3 Å². The summed E-state index contributed by atoms with van der Waals surface area (Å²) >= 11 is 1.27. The first kappa shape index (κ1) is 29.1. The van der Waals surface area contributed by atoms with Crippen LogP contribution in [0.3, 0.4) is 0 Å². The minimum absolute atomic E-state index is 0.0871. The third-order valence-corrected chi connectivity index (χ3v) is 7.85. The smallest absolute Gasteiger partial charge is 0.253 e. The predicted octanol–water partition coefficient (Wildman–Crippen LogP) is 4.34. The van der Waals surface area contributed by atoms with Crippen molar-refractivity contribution in [2.24, 2.45) is 4.99 Å². The fourth-order valence-electron chi connectivity index (χ4n) is 4.13. The quantitative estimate of drug-likeness (QED) is 0.386. The van der Waals surface area contributed by atoms with Gasteiger partial charge < -0.3 is 15.4 Å². The van der Waals surface area contributed by atoms with Gasteiger partial charge in [-0.3, -0.25) is 18.6 Å². The highest BCUT2D eigenvalue weighted by Gasteiger charge is 2.23. The third kappa shape index (κ3) is 7.40. The van der Waals surface area contributed by atoms with Crippen molar-refractivity contribution in [3.63, 3.8) is 0 Å². The third-order valence-electron chi connectivity index (χ3n) is 6.10. The van der Waals surface area contributed by atoms with Gasteiger partial charge in [0.2, 0.25) is 10.0 Å². The van der Waals surface area contributed by atoms with Gasteiger partial charge in [-0.05, 0) is 56.0 Å². The van der Waals surface area contributed by atoms with Crippen molar-refractivity contribution in [2.45, 2.75) is 32.7 Å². The van der Waals surface area contributed by atoms with Crippen LogP contribution in [-0.4, -0.2) is 60.9 Å². The van der Waals surface area contributed by atoms with Gasteiger partial charge in [0.25, 0.3) is 11.8 Å². The molecule has 0 bridgehead atoms. The summed E-state index contributed by atoms with van der Waals surface area (Å²) in [5.41, 5.74) is 5.94. The van der Waals surface area contributed by atoms with Gasteiger partial charge in [-0.1, -0.05) is 24.3 Å². The number of carbonyl (C=O) groups excluding carboxylic acids is 2. The Hall–Kier alpha value is -3.87. The van der Waals surface area contributed by atoms with Gasteiger partial charge in [-0.15, -0.1) is 11.3 Å². The number of rotatable bonds is 9. The molecule has 0 saturated heterocycles. The van der Waals surface area contributed by atoms with Crippen LogP contribution in [-0.2, 0) is 19.6 Å². The van der Waals surface area contributed by atoms with Gasteiger partial charge >= 0.3 is 0 Å². The van der Waals surface area contributed by atoms with E-state index in [1.54, 1.807) is 0 Å². The average Bonchev–Trinajstić information content (AvgIpc) is 3.57. The highest BCUT2D eigenvalue weighted by atomic mass is 32.2. The molecule has 2 aromatic heterocycles.